The molecule has 1 aliphatic heterocycles. The van der Waals surface area contributed by atoms with E-state index in [4.69, 9.17) is 12.2 Å². The Balaban J connectivity index is 1.61. The Hall–Kier alpha value is -2.19. The zero-order valence-electron chi connectivity index (χ0n) is 15.7. The van der Waals surface area contributed by atoms with Gasteiger partial charge in [-0.25, -0.2) is 0 Å². The molecule has 1 aromatic heterocycles. The predicted molar refractivity (Wildman–Crippen MR) is 108 cm³/mol. The van der Waals surface area contributed by atoms with Crippen LogP contribution in [0.4, 0.5) is 18.9 Å². The molecule has 4 nitrogen and oxygen atoms in total. The molecule has 0 radical (unpaired) electrons. The Kier molecular flexibility index (Phi) is 6.51. The fraction of sp³-hybridized carbons (Fsp3) is 0.400. The molecule has 0 bridgehead atoms. The third kappa shape index (κ3) is 5.42. The molecule has 1 aliphatic rings. The first-order chi connectivity index (χ1) is 13.3. The number of aryl methyl sites for hydroxylation is 1. The van der Waals surface area contributed by atoms with Crippen LogP contribution in [-0.4, -0.2) is 46.1 Å². The van der Waals surface area contributed by atoms with Crippen LogP contribution in [0.5, 0.6) is 0 Å². The molecule has 0 amide bonds. The van der Waals surface area contributed by atoms with Gasteiger partial charge in [-0.15, -0.1) is 0 Å². The summed E-state index contributed by atoms with van der Waals surface area (Å²) in [6, 6.07) is 11.4. The van der Waals surface area contributed by atoms with E-state index < -0.39 is 11.7 Å². The van der Waals surface area contributed by atoms with Gasteiger partial charge in [0.05, 0.1) is 16.9 Å². The fourth-order valence-electron chi connectivity index (χ4n) is 3.28. The molecule has 0 spiro atoms. The average Bonchev–Trinajstić information content (AvgIpc) is 2.87. The maximum Gasteiger partial charge on any atom is 0.418 e. The van der Waals surface area contributed by atoms with Gasteiger partial charge in [0.2, 0.25) is 0 Å². The van der Waals surface area contributed by atoms with Crippen molar-refractivity contribution in [3.05, 3.63) is 59.4 Å². The number of aromatic nitrogens is 1. The largest absolute Gasteiger partial charge is 0.418 e. The molecule has 0 atom stereocenters. The van der Waals surface area contributed by atoms with Crippen molar-refractivity contribution < 1.29 is 13.2 Å². The van der Waals surface area contributed by atoms with Crippen LogP contribution in [0.15, 0.2) is 42.5 Å². The summed E-state index contributed by atoms with van der Waals surface area (Å²) in [5.41, 5.74) is 1.29. The lowest BCUT2D eigenvalue weighted by Crippen LogP contribution is -2.38. The van der Waals surface area contributed by atoms with E-state index in [1.165, 1.54) is 12.1 Å². The van der Waals surface area contributed by atoms with Gasteiger partial charge in [-0.1, -0.05) is 18.2 Å². The zero-order chi connectivity index (χ0) is 20.1. The second-order valence-electron chi connectivity index (χ2n) is 6.86. The molecule has 150 valence electrons. The quantitative estimate of drug-likeness (QED) is 0.765. The van der Waals surface area contributed by atoms with Gasteiger partial charge in [0.25, 0.3) is 0 Å². The molecular formula is C20H23F3N4S. The number of nitrogens with one attached hydrogen (secondary N) is 1. The third-order valence-corrected chi connectivity index (χ3v) is 5.04. The molecule has 3 rings (SSSR count). The number of anilines is 1. The highest BCUT2D eigenvalue weighted by Gasteiger charge is 2.33. The standard InChI is InChI=1S/C20H23F3N4S/c1-15-6-4-7-16(24-15)14-26-10-5-11-27(13-12-26)19(28)25-18-9-3-2-8-17(18)20(21,22)23/h2-4,6-9H,5,10-14H2,1H3,(H,25,28). The molecule has 1 fully saturated rings. The van der Waals surface area contributed by atoms with Gasteiger partial charge in [0.15, 0.2) is 5.11 Å². The summed E-state index contributed by atoms with van der Waals surface area (Å²) in [5, 5.41) is 3.12. The number of hydrogen-bond donors (Lipinski definition) is 1. The number of halogens is 3. The van der Waals surface area contributed by atoms with Crippen molar-refractivity contribution in [3.63, 3.8) is 0 Å². The van der Waals surface area contributed by atoms with Gasteiger partial charge in [-0.05, 0) is 49.8 Å². The topological polar surface area (TPSA) is 31.4 Å². The second-order valence-corrected chi connectivity index (χ2v) is 7.25. The molecule has 0 aliphatic carbocycles. The Bertz CT molecular complexity index is 825. The van der Waals surface area contributed by atoms with Gasteiger partial charge in [0, 0.05) is 38.4 Å². The van der Waals surface area contributed by atoms with Gasteiger partial charge in [0.1, 0.15) is 0 Å². The molecule has 0 unspecified atom stereocenters. The van der Waals surface area contributed by atoms with Gasteiger partial charge in [-0.2, -0.15) is 13.2 Å². The lowest BCUT2D eigenvalue weighted by Gasteiger charge is -2.25. The molecule has 2 aromatic rings. The van der Waals surface area contributed by atoms with Crippen molar-refractivity contribution >= 4 is 23.0 Å². The monoisotopic (exact) mass is 408 g/mol. The van der Waals surface area contributed by atoms with Crippen molar-refractivity contribution in [2.45, 2.75) is 26.1 Å². The SMILES string of the molecule is Cc1cccc(CN2CCCN(C(=S)Nc3ccccc3C(F)(F)F)CC2)n1. The number of para-hydroxylation sites is 1. The van der Waals surface area contributed by atoms with E-state index in [1.54, 1.807) is 6.07 Å². The molecule has 28 heavy (non-hydrogen) atoms. The Labute approximate surface area is 168 Å². The van der Waals surface area contributed by atoms with Crippen molar-refractivity contribution in [2.24, 2.45) is 0 Å². The minimum Gasteiger partial charge on any atom is -0.348 e. The summed E-state index contributed by atoms with van der Waals surface area (Å²) < 4.78 is 39.5. The van der Waals surface area contributed by atoms with Crippen LogP contribution in [0.2, 0.25) is 0 Å². The number of benzene rings is 1. The van der Waals surface area contributed by atoms with Crippen LogP contribution in [0.25, 0.3) is 0 Å². The van der Waals surface area contributed by atoms with Crippen LogP contribution in [-0.2, 0) is 12.7 Å². The summed E-state index contributed by atoms with van der Waals surface area (Å²) >= 11 is 5.40. The third-order valence-electron chi connectivity index (χ3n) is 4.68. The lowest BCUT2D eigenvalue weighted by atomic mass is 10.1. The molecular weight excluding hydrogens is 385 g/mol. The minimum atomic E-state index is -4.42. The highest BCUT2D eigenvalue weighted by atomic mass is 32.1. The van der Waals surface area contributed by atoms with E-state index in [0.29, 0.717) is 18.2 Å². The summed E-state index contributed by atoms with van der Waals surface area (Å²) in [6.45, 7) is 5.76. The van der Waals surface area contributed by atoms with E-state index in [0.717, 1.165) is 43.5 Å². The van der Waals surface area contributed by atoms with Crippen molar-refractivity contribution in [1.82, 2.24) is 14.8 Å². The summed E-state index contributed by atoms with van der Waals surface area (Å²) in [4.78, 5) is 8.78. The Morgan fingerprint density at radius 1 is 1.07 bits per heavy atom. The van der Waals surface area contributed by atoms with Gasteiger partial charge >= 0.3 is 6.18 Å². The van der Waals surface area contributed by atoms with Crippen LogP contribution < -0.4 is 5.32 Å². The lowest BCUT2D eigenvalue weighted by molar-refractivity contribution is -0.136. The highest BCUT2D eigenvalue weighted by molar-refractivity contribution is 7.80. The summed E-state index contributed by atoms with van der Waals surface area (Å²) in [7, 11) is 0. The first-order valence-corrected chi connectivity index (χ1v) is 9.61. The maximum absolute atomic E-state index is 13.2. The molecule has 2 heterocycles. The average molecular weight is 408 g/mol. The normalized spacial score (nSPS) is 15.9. The smallest absolute Gasteiger partial charge is 0.348 e. The Morgan fingerprint density at radius 2 is 1.86 bits per heavy atom. The van der Waals surface area contributed by atoms with Crippen LogP contribution in [0, 0.1) is 6.92 Å². The number of nitrogens with zero attached hydrogens (tertiary/aromatic N) is 3. The molecule has 8 heteroatoms. The zero-order valence-corrected chi connectivity index (χ0v) is 16.5. The van der Waals surface area contributed by atoms with E-state index in [1.807, 2.05) is 30.0 Å². The first kappa shape index (κ1) is 20.5. The number of thiocarbonyl (C=S) groups is 1. The number of alkyl halides is 3. The highest BCUT2D eigenvalue weighted by Crippen LogP contribution is 2.34. The van der Waals surface area contributed by atoms with Crippen molar-refractivity contribution in [3.8, 4) is 0 Å². The maximum atomic E-state index is 13.2. The van der Waals surface area contributed by atoms with Gasteiger partial charge < -0.3 is 10.2 Å². The van der Waals surface area contributed by atoms with Crippen molar-refractivity contribution in [1.29, 1.82) is 0 Å². The fourth-order valence-corrected chi connectivity index (χ4v) is 3.57. The minimum absolute atomic E-state index is 0.00920. The second kappa shape index (κ2) is 8.87. The molecule has 1 N–H and O–H groups in total. The molecule has 0 saturated carbocycles. The van der Waals surface area contributed by atoms with Crippen molar-refractivity contribution in [2.75, 3.05) is 31.5 Å². The molecule has 1 aromatic carbocycles. The first-order valence-electron chi connectivity index (χ1n) is 9.20. The Morgan fingerprint density at radius 3 is 2.61 bits per heavy atom. The predicted octanol–water partition coefficient (Wildman–Crippen LogP) is 4.31. The van der Waals surface area contributed by atoms with E-state index in [2.05, 4.69) is 15.2 Å². The molecule has 1 saturated heterocycles. The van der Waals surface area contributed by atoms with E-state index >= 15 is 0 Å². The summed E-state index contributed by atoms with van der Waals surface area (Å²) in [6.07, 6.45) is -3.54. The summed E-state index contributed by atoms with van der Waals surface area (Å²) in [5.74, 6) is 0. The van der Waals surface area contributed by atoms with Gasteiger partial charge in [-0.3, -0.25) is 9.88 Å². The number of rotatable bonds is 3. The van der Waals surface area contributed by atoms with E-state index in [-0.39, 0.29) is 5.69 Å². The van der Waals surface area contributed by atoms with E-state index in [9.17, 15) is 13.2 Å². The number of hydrogen-bond acceptors (Lipinski definition) is 3. The number of pyridine rings is 1. The van der Waals surface area contributed by atoms with Crippen LogP contribution in [0.3, 0.4) is 0 Å². The van der Waals surface area contributed by atoms with Crippen LogP contribution in [0.1, 0.15) is 23.4 Å². The van der Waals surface area contributed by atoms with Crippen LogP contribution >= 0.6 is 12.2 Å².